The number of rotatable bonds is 3. The summed E-state index contributed by atoms with van der Waals surface area (Å²) in [6.45, 7) is 6.37. The maximum Gasteiger partial charge on any atom is 0.331 e. The van der Waals surface area contributed by atoms with Crippen molar-refractivity contribution in [3.63, 3.8) is 0 Å². The lowest BCUT2D eigenvalue weighted by Gasteiger charge is -2.63. The van der Waals surface area contributed by atoms with Crippen LogP contribution in [-0.4, -0.2) is 84.6 Å². The molecule has 12 atom stereocenters. The van der Waals surface area contributed by atoms with Crippen molar-refractivity contribution in [2.45, 2.75) is 108 Å². The van der Waals surface area contributed by atoms with Crippen LogP contribution >= 0.6 is 0 Å². The molecule has 2 N–H and O–H groups in total. The summed E-state index contributed by atoms with van der Waals surface area (Å²) in [4.78, 5) is 24.2. The van der Waals surface area contributed by atoms with Crippen molar-refractivity contribution in [3.05, 3.63) is 23.3 Å². The summed E-state index contributed by atoms with van der Waals surface area (Å²) in [6.07, 6.45) is 5.71. The van der Waals surface area contributed by atoms with E-state index in [1.54, 1.807) is 7.11 Å². The van der Waals surface area contributed by atoms with Gasteiger partial charge in [0.15, 0.2) is 0 Å². The van der Waals surface area contributed by atoms with Crippen LogP contribution in [0.15, 0.2) is 23.3 Å². The van der Waals surface area contributed by atoms with Gasteiger partial charge in [0.2, 0.25) is 12.1 Å². The van der Waals surface area contributed by atoms with E-state index in [-0.39, 0.29) is 47.8 Å². The van der Waals surface area contributed by atoms with Crippen LogP contribution in [0.1, 0.15) is 65.7 Å². The molecule has 3 heterocycles. The normalized spacial score (nSPS) is 52.1. The van der Waals surface area contributed by atoms with Crippen LogP contribution in [0.2, 0.25) is 0 Å². The number of hydrogen-bond donors (Lipinski definition) is 2. The van der Waals surface area contributed by atoms with Crippen LogP contribution < -0.4 is 0 Å². The zero-order valence-electron chi connectivity index (χ0n) is 24.3. The number of carbonyl (C=O) groups is 2. The average Bonchev–Trinajstić information content (AvgIpc) is 3.42. The molecule has 7 rings (SSSR count). The Bertz CT molecular complexity index is 1200. The molecule has 0 radical (unpaired) electrons. The van der Waals surface area contributed by atoms with Crippen molar-refractivity contribution in [3.8, 4) is 0 Å². The van der Waals surface area contributed by atoms with Crippen LogP contribution in [0, 0.1) is 28.6 Å². The van der Waals surface area contributed by atoms with Crippen molar-refractivity contribution in [1.82, 2.24) is 0 Å². The van der Waals surface area contributed by atoms with Gasteiger partial charge in [-0.3, -0.25) is 4.79 Å². The number of methoxy groups -OCH3 is 1. The van der Waals surface area contributed by atoms with Gasteiger partial charge in [0.05, 0.1) is 18.3 Å². The zero-order valence-corrected chi connectivity index (χ0v) is 24.3. The van der Waals surface area contributed by atoms with Gasteiger partial charge < -0.3 is 38.6 Å². The number of cyclic esters (lactones) is 1. The van der Waals surface area contributed by atoms with Crippen LogP contribution in [-0.2, 0) is 38.0 Å². The van der Waals surface area contributed by atoms with Crippen molar-refractivity contribution in [2.75, 3.05) is 20.3 Å². The summed E-state index contributed by atoms with van der Waals surface area (Å²) in [5.41, 5.74) is 0.196. The maximum absolute atomic E-state index is 12.7. The van der Waals surface area contributed by atoms with Crippen molar-refractivity contribution < 1.29 is 48.2 Å². The number of allylic oxidation sites excluding steroid dienone is 1. The van der Waals surface area contributed by atoms with Gasteiger partial charge in [-0.05, 0) is 54.9 Å². The Hall–Kier alpha value is -1.82. The Morgan fingerprint density at radius 1 is 1.12 bits per heavy atom. The van der Waals surface area contributed by atoms with E-state index in [4.69, 9.17) is 28.4 Å². The van der Waals surface area contributed by atoms with Crippen molar-refractivity contribution >= 4 is 11.9 Å². The number of aliphatic hydroxyl groups is 2. The van der Waals surface area contributed by atoms with E-state index in [9.17, 15) is 19.8 Å². The monoisotopic (exact) mass is 574 g/mol. The minimum Gasteiger partial charge on any atom is -0.462 e. The minimum atomic E-state index is -1.66. The third-order valence-electron chi connectivity index (χ3n) is 12.0. The minimum absolute atomic E-state index is 0.0214. The highest BCUT2D eigenvalue weighted by molar-refractivity contribution is 5.85. The molecule has 1 unspecified atom stereocenters. The van der Waals surface area contributed by atoms with Gasteiger partial charge in [-0.2, -0.15) is 0 Å². The standard InChI is InChI=1S/C31H42O10/c1-16(32)39-23-14-30(34)20-6-5-18-12-21-22(40-27-31(35,41-21)24(36-4)8-10-37-27)13-28(18,2)19(20)7-9-29(30,3)26(23)17-11-25(33)38-15-17/h11-12,19-24,26-27,34-35H,5-10,13-15H2,1-4H3/t19-,20+,21+,22+,23?,24-,26-,27-,28-,29+,30-,31-/m0/s1. The van der Waals surface area contributed by atoms with E-state index in [0.717, 1.165) is 31.3 Å². The second kappa shape index (κ2) is 9.34. The molecule has 5 fully saturated rings. The number of ether oxygens (including phenoxy) is 6. The molecule has 3 saturated carbocycles. The van der Waals surface area contributed by atoms with E-state index < -0.39 is 41.4 Å². The number of hydrogen-bond acceptors (Lipinski definition) is 10. The highest BCUT2D eigenvalue weighted by Gasteiger charge is 2.71. The molecule has 0 aromatic rings. The molecule has 2 saturated heterocycles. The van der Waals surface area contributed by atoms with E-state index in [1.807, 2.05) is 0 Å². The average molecular weight is 575 g/mol. The molecular weight excluding hydrogens is 532 g/mol. The SMILES string of the molecule is CO[C@H]1CCO[C@H]2O[C@@H]3C[C@@]4(C)C(=C[C@H]3O[C@]21O)CC[C@@H]1[C@@H]4CC[C@]2(C)[C@@H](C3=CC(=O)OC3)C(OC(C)=O)C[C@]12O. The Balaban J connectivity index is 1.21. The summed E-state index contributed by atoms with van der Waals surface area (Å²) < 4.78 is 35.2. The summed E-state index contributed by atoms with van der Waals surface area (Å²) in [7, 11) is 1.56. The predicted molar refractivity (Wildman–Crippen MR) is 142 cm³/mol. The Morgan fingerprint density at radius 3 is 2.63 bits per heavy atom. The lowest BCUT2D eigenvalue weighted by molar-refractivity contribution is -0.441. The van der Waals surface area contributed by atoms with E-state index in [2.05, 4.69) is 19.9 Å². The van der Waals surface area contributed by atoms with Gasteiger partial charge in [0, 0.05) is 44.3 Å². The first kappa shape index (κ1) is 28.0. The number of carbonyl (C=O) groups excluding carboxylic acids is 2. The van der Waals surface area contributed by atoms with Crippen LogP contribution in [0.25, 0.3) is 0 Å². The fourth-order valence-corrected chi connectivity index (χ4v) is 10.2. The van der Waals surface area contributed by atoms with E-state index in [0.29, 0.717) is 25.9 Å². The first-order valence-corrected chi connectivity index (χ1v) is 15.1. The molecule has 0 bridgehead atoms. The largest absolute Gasteiger partial charge is 0.462 e. The highest BCUT2D eigenvalue weighted by atomic mass is 16.8. The fraction of sp³-hybridized carbons (Fsp3) is 0.806. The van der Waals surface area contributed by atoms with Crippen LogP contribution in [0.5, 0.6) is 0 Å². The molecule has 10 heteroatoms. The van der Waals surface area contributed by atoms with Gasteiger partial charge in [0.1, 0.15) is 24.9 Å². The predicted octanol–water partition coefficient (Wildman–Crippen LogP) is 2.55. The lowest BCUT2D eigenvalue weighted by Crippen LogP contribution is -2.68. The molecule has 0 aromatic heterocycles. The molecule has 41 heavy (non-hydrogen) atoms. The molecule has 7 aliphatic rings. The van der Waals surface area contributed by atoms with Crippen LogP contribution in [0.4, 0.5) is 0 Å². The van der Waals surface area contributed by atoms with Crippen molar-refractivity contribution in [1.29, 1.82) is 0 Å². The Labute approximate surface area is 240 Å². The smallest absolute Gasteiger partial charge is 0.331 e. The Morgan fingerprint density at radius 2 is 1.93 bits per heavy atom. The summed E-state index contributed by atoms with van der Waals surface area (Å²) in [5, 5.41) is 24.1. The first-order chi connectivity index (χ1) is 19.4. The van der Waals surface area contributed by atoms with Crippen LogP contribution in [0.3, 0.4) is 0 Å². The van der Waals surface area contributed by atoms with E-state index in [1.165, 1.54) is 18.6 Å². The Kier molecular flexibility index (Phi) is 6.37. The lowest BCUT2D eigenvalue weighted by atomic mass is 9.45. The van der Waals surface area contributed by atoms with Gasteiger partial charge in [-0.1, -0.05) is 25.5 Å². The van der Waals surface area contributed by atoms with Gasteiger partial charge in [0.25, 0.3) is 0 Å². The first-order valence-electron chi connectivity index (χ1n) is 15.1. The molecule has 10 nitrogen and oxygen atoms in total. The summed E-state index contributed by atoms with van der Waals surface area (Å²) >= 11 is 0. The van der Waals surface area contributed by atoms with E-state index >= 15 is 0 Å². The number of esters is 2. The molecule has 0 amide bonds. The second-order valence-corrected chi connectivity index (χ2v) is 13.8. The second-order valence-electron chi connectivity index (χ2n) is 13.8. The van der Waals surface area contributed by atoms with Gasteiger partial charge in [-0.25, -0.2) is 4.79 Å². The molecule has 0 spiro atoms. The van der Waals surface area contributed by atoms with Gasteiger partial charge >= 0.3 is 11.9 Å². The fourth-order valence-electron chi connectivity index (χ4n) is 10.2. The quantitative estimate of drug-likeness (QED) is 0.383. The molecular formula is C31H42O10. The molecule has 226 valence electrons. The summed E-state index contributed by atoms with van der Waals surface area (Å²) in [5.74, 6) is -2.56. The highest BCUT2D eigenvalue weighted by Crippen LogP contribution is 2.70. The van der Waals surface area contributed by atoms with Crippen molar-refractivity contribution in [2.24, 2.45) is 28.6 Å². The molecule has 3 aliphatic heterocycles. The molecule has 0 aromatic carbocycles. The maximum atomic E-state index is 12.7. The topological polar surface area (TPSA) is 130 Å². The third-order valence-corrected chi connectivity index (χ3v) is 12.0. The van der Waals surface area contributed by atoms with Gasteiger partial charge in [-0.15, -0.1) is 0 Å². The third kappa shape index (κ3) is 3.83. The zero-order chi connectivity index (χ0) is 28.9. The summed E-state index contributed by atoms with van der Waals surface area (Å²) in [6, 6.07) is 0. The molecule has 4 aliphatic carbocycles. The number of fused-ring (bicyclic) bond motifs is 7.